The van der Waals surface area contributed by atoms with E-state index >= 15 is 0 Å². The normalized spacial score (nSPS) is 23.0. The van der Waals surface area contributed by atoms with Crippen molar-refractivity contribution in [3.8, 4) is 0 Å². The Morgan fingerprint density at radius 1 is 1.00 bits per heavy atom. The fourth-order valence-corrected chi connectivity index (χ4v) is 5.60. The molecule has 0 heterocycles. The van der Waals surface area contributed by atoms with Crippen molar-refractivity contribution >= 4 is 21.6 Å². The maximum Gasteiger partial charge on any atom is 0.251 e. The molecule has 3 rings (SSSR count). The maximum absolute atomic E-state index is 12.6. The Bertz CT molecular complexity index is 840. The molecular formula is C24H39N3O3S. The second-order valence-electron chi connectivity index (χ2n) is 9.65. The Morgan fingerprint density at radius 3 is 2.29 bits per heavy atom. The van der Waals surface area contributed by atoms with Crippen molar-refractivity contribution in [2.75, 3.05) is 11.9 Å². The molecule has 0 bridgehead atoms. The highest BCUT2D eigenvalue weighted by atomic mass is 32.2. The van der Waals surface area contributed by atoms with Crippen molar-refractivity contribution in [1.82, 2.24) is 10.0 Å². The van der Waals surface area contributed by atoms with E-state index in [2.05, 4.69) is 15.4 Å². The largest absolute Gasteiger partial charge is 0.385 e. The number of hydrogen-bond donors (Lipinski definition) is 3. The van der Waals surface area contributed by atoms with Crippen molar-refractivity contribution < 1.29 is 13.2 Å². The van der Waals surface area contributed by atoms with Gasteiger partial charge in [0.05, 0.1) is 5.25 Å². The number of rotatable bonds is 8. The smallest absolute Gasteiger partial charge is 0.251 e. The van der Waals surface area contributed by atoms with Gasteiger partial charge < -0.3 is 10.6 Å². The highest BCUT2D eigenvalue weighted by Gasteiger charge is 2.26. The molecule has 1 amide bonds. The van der Waals surface area contributed by atoms with Gasteiger partial charge in [-0.1, -0.05) is 19.3 Å². The summed E-state index contributed by atoms with van der Waals surface area (Å²) in [4.78, 5) is 12.6. The lowest BCUT2D eigenvalue weighted by Crippen LogP contribution is -2.41. The van der Waals surface area contributed by atoms with E-state index in [1.807, 2.05) is 25.1 Å². The number of carbonyl (C=O) groups is 1. The minimum Gasteiger partial charge on any atom is -0.385 e. The molecule has 0 unspecified atom stereocenters. The summed E-state index contributed by atoms with van der Waals surface area (Å²) in [7, 11) is -3.20. The lowest BCUT2D eigenvalue weighted by Gasteiger charge is -2.30. The minimum absolute atomic E-state index is 0.0312. The van der Waals surface area contributed by atoms with Gasteiger partial charge in [-0.2, -0.15) is 0 Å². The third kappa shape index (κ3) is 6.94. The Hall–Kier alpha value is -1.60. The molecule has 0 aromatic heterocycles. The van der Waals surface area contributed by atoms with Crippen LogP contribution >= 0.6 is 0 Å². The summed E-state index contributed by atoms with van der Waals surface area (Å²) in [6.45, 7) is 6.34. The van der Waals surface area contributed by atoms with Gasteiger partial charge >= 0.3 is 0 Å². The van der Waals surface area contributed by atoms with Crippen LogP contribution in [0.4, 0.5) is 5.69 Å². The summed E-state index contributed by atoms with van der Waals surface area (Å²) in [5.41, 5.74) is 2.87. The Labute approximate surface area is 188 Å². The molecule has 31 heavy (non-hydrogen) atoms. The summed E-state index contributed by atoms with van der Waals surface area (Å²) in [6.07, 6.45) is 9.67. The predicted octanol–water partition coefficient (Wildman–Crippen LogP) is 4.36. The summed E-state index contributed by atoms with van der Waals surface area (Å²) < 4.78 is 27.0. The molecule has 174 valence electrons. The first kappa shape index (κ1) is 24.1. The molecule has 2 fully saturated rings. The molecular weight excluding hydrogens is 410 g/mol. The second kappa shape index (κ2) is 10.8. The monoisotopic (exact) mass is 449 g/mol. The van der Waals surface area contributed by atoms with Crippen LogP contribution in [0.25, 0.3) is 0 Å². The van der Waals surface area contributed by atoms with Crippen LogP contribution in [0.5, 0.6) is 0 Å². The van der Waals surface area contributed by atoms with Crippen molar-refractivity contribution in [1.29, 1.82) is 0 Å². The van der Waals surface area contributed by atoms with Crippen LogP contribution in [0.1, 0.15) is 87.6 Å². The first-order valence-electron chi connectivity index (χ1n) is 11.9. The standard InChI is InChI=1S/C24H39N3O3S/c1-17(2)31(29,30)27-22-12-9-19(10-13-22)16-25-23-14-11-20(15-18(23)3)24(28)26-21-7-5-4-6-8-21/h11,14-15,17,19,21-22,25,27H,4-10,12-13,16H2,1-3H3,(H,26,28). The molecule has 3 N–H and O–H groups in total. The number of hydrogen-bond acceptors (Lipinski definition) is 4. The summed E-state index contributed by atoms with van der Waals surface area (Å²) in [5.74, 6) is 0.567. The van der Waals surface area contributed by atoms with E-state index in [1.54, 1.807) is 13.8 Å². The Kier molecular flexibility index (Phi) is 8.39. The Morgan fingerprint density at radius 2 is 1.68 bits per heavy atom. The van der Waals surface area contributed by atoms with Gasteiger partial charge in [-0.15, -0.1) is 0 Å². The summed E-state index contributed by atoms with van der Waals surface area (Å²) >= 11 is 0. The molecule has 0 saturated heterocycles. The molecule has 1 aromatic carbocycles. The highest BCUT2D eigenvalue weighted by Crippen LogP contribution is 2.26. The number of anilines is 1. The van der Waals surface area contributed by atoms with E-state index < -0.39 is 10.0 Å². The number of nitrogens with one attached hydrogen (secondary N) is 3. The van der Waals surface area contributed by atoms with Crippen molar-refractivity contribution in [2.45, 2.75) is 95.9 Å². The SMILES string of the molecule is Cc1cc(C(=O)NC2CCCCC2)ccc1NCC1CCC(NS(=O)(=O)C(C)C)CC1. The van der Waals surface area contributed by atoms with Crippen LogP contribution in [0.15, 0.2) is 18.2 Å². The first-order valence-corrected chi connectivity index (χ1v) is 13.5. The van der Waals surface area contributed by atoms with Crippen LogP contribution in [0, 0.1) is 12.8 Å². The van der Waals surface area contributed by atoms with Gasteiger partial charge in [0.15, 0.2) is 0 Å². The molecule has 0 atom stereocenters. The van der Waals surface area contributed by atoms with Crippen LogP contribution in [-0.4, -0.2) is 38.2 Å². The number of carbonyl (C=O) groups excluding carboxylic acids is 1. The average Bonchev–Trinajstić information content (AvgIpc) is 2.74. The van der Waals surface area contributed by atoms with E-state index in [9.17, 15) is 13.2 Å². The highest BCUT2D eigenvalue weighted by molar-refractivity contribution is 7.90. The van der Waals surface area contributed by atoms with Gasteiger partial charge in [-0.3, -0.25) is 4.79 Å². The molecule has 2 saturated carbocycles. The van der Waals surface area contributed by atoms with Crippen LogP contribution in [-0.2, 0) is 10.0 Å². The van der Waals surface area contributed by atoms with E-state index in [0.717, 1.165) is 61.9 Å². The number of benzene rings is 1. The fraction of sp³-hybridized carbons (Fsp3) is 0.708. The predicted molar refractivity (Wildman–Crippen MR) is 127 cm³/mol. The molecule has 0 spiro atoms. The number of aryl methyl sites for hydroxylation is 1. The van der Waals surface area contributed by atoms with Gasteiger partial charge in [-0.25, -0.2) is 13.1 Å². The molecule has 0 aliphatic heterocycles. The second-order valence-corrected chi connectivity index (χ2v) is 11.9. The van der Waals surface area contributed by atoms with Gasteiger partial charge in [0, 0.05) is 29.9 Å². The maximum atomic E-state index is 12.6. The molecule has 2 aliphatic carbocycles. The quantitative estimate of drug-likeness (QED) is 0.550. The zero-order valence-electron chi connectivity index (χ0n) is 19.2. The summed E-state index contributed by atoms with van der Waals surface area (Å²) in [5, 5.41) is 6.34. The zero-order chi connectivity index (χ0) is 22.4. The van der Waals surface area contributed by atoms with Crippen LogP contribution in [0.3, 0.4) is 0 Å². The average molecular weight is 450 g/mol. The topological polar surface area (TPSA) is 87.3 Å². The lowest BCUT2D eigenvalue weighted by molar-refractivity contribution is 0.0927. The van der Waals surface area contributed by atoms with Crippen molar-refractivity contribution in [3.63, 3.8) is 0 Å². The molecule has 2 aliphatic rings. The molecule has 7 heteroatoms. The number of amides is 1. The van der Waals surface area contributed by atoms with Gasteiger partial charge in [0.1, 0.15) is 0 Å². The van der Waals surface area contributed by atoms with E-state index in [0.29, 0.717) is 12.0 Å². The van der Waals surface area contributed by atoms with Gasteiger partial charge in [-0.05, 0) is 89.0 Å². The van der Waals surface area contributed by atoms with Crippen molar-refractivity contribution in [2.24, 2.45) is 5.92 Å². The van der Waals surface area contributed by atoms with Gasteiger partial charge in [0.2, 0.25) is 10.0 Å². The first-order chi connectivity index (χ1) is 14.7. The third-order valence-electron chi connectivity index (χ3n) is 6.81. The zero-order valence-corrected chi connectivity index (χ0v) is 20.1. The fourth-order valence-electron chi connectivity index (χ4n) is 4.63. The molecule has 1 aromatic rings. The van der Waals surface area contributed by atoms with Gasteiger partial charge in [0.25, 0.3) is 5.91 Å². The Balaban J connectivity index is 1.45. The van der Waals surface area contributed by atoms with Crippen molar-refractivity contribution in [3.05, 3.63) is 29.3 Å². The molecule has 0 radical (unpaired) electrons. The van der Waals surface area contributed by atoms with E-state index in [1.165, 1.54) is 19.3 Å². The number of sulfonamides is 1. The third-order valence-corrected chi connectivity index (χ3v) is 8.71. The minimum atomic E-state index is -3.20. The van der Waals surface area contributed by atoms with Crippen LogP contribution < -0.4 is 15.4 Å². The van der Waals surface area contributed by atoms with Crippen LogP contribution in [0.2, 0.25) is 0 Å². The summed E-state index contributed by atoms with van der Waals surface area (Å²) in [6, 6.07) is 6.27. The van der Waals surface area contributed by atoms with E-state index in [-0.39, 0.29) is 17.2 Å². The molecule has 6 nitrogen and oxygen atoms in total. The van der Waals surface area contributed by atoms with E-state index in [4.69, 9.17) is 0 Å². The lowest BCUT2D eigenvalue weighted by atomic mass is 9.86.